The van der Waals surface area contributed by atoms with Crippen LogP contribution in [0.5, 0.6) is 0 Å². The molecule has 0 amide bonds. The van der Waals surface area contributed by atoms with Gasteiger partial charge in [-0.15, -0.1) is 0 Å². The van der Waals surface area contributed by atoms with E-state index in [1.165, 1.54) is 13.1 Å². The fourth-order valence-electron chi connectivity index (χ4n) is 2.17. The van der Waals surface area contributed by atoms with Gasteiger partial charge >= 0.3 is 5.97 Å². The molecule has 2 N–H and O–H groups in total. The van der Waals surface area contributed by atoms with E-state index in [2.05, 4.69) is 10.3 Å². The Balaban J connectivity index is 2.31. The van der Waals surface area contributed by atoms with Crippen LogP contribution in [-0.2, 0) is 14.8 Å². The highest BCUT2D eigenvalue weighted by atomic mass is 32.2. The lowest BCUT2D eigenvalue weighted by Crippen LogP contribution is -2.57. The first-order chi connectivity index (χ1) is 9.44. The maximum atomic E-state index is 12.6. The van der Waals surface area contributed by atoms with Crippen molar-refractivity contribution in [3.05, 3.63) is 30.1 Å². The van der Waals surface area contributed by atoms with Gasteiger partial charge in [-0.05, 0) is 19.1 Å². The zero-order chi connectivity index (χ0) is 14.8. The SMILES string of the molecule is C[C@@H](c1ccccn1)S(=O)(=O)N1CCNC[C@H]1C(=O)O. The lowest BCUT2D eigenvalue weighted by molar-refractivity contribution is -0.141. The number of hydrogen-bond donors (Lipinski definition) is 2. The van der Waals surface area contributed by atoms with E-state index < -0.39 is 27.3 Å². The summed E-state index contributed by atoms with van der Waals surface area (Å²) < 4.78 is 26.3. The summed E-state index contributed by atoms with van der Waals surface area (Å²) in [5.74, 6) is -1.14. The molecular weight excluding hydrogens is 282 g/mol. The minimum Gasteiger partial charge on any atom is -0.480 e. The number of nitrogens with zero attached hydrogens (tertiary/aromatic N) is 2. The number of aliphatic carboxylic acids is 1. The molecule has 0 aliphatic carbocycles. The van der Waals surface area contributed by atoms with Gasteiger partial charge in [-0.25, -0.2) is 8.42 Å². The number of carbonyl (C=O) groups is 1. The zero-order valence-electron chi connectivity index (χ0n) is 11.1. The number of hydrogen-bond acceptors (Lipinski definition) is 5. The molecule has 110 valence electrons. The first-order valence-corrected chi connectivity index (χ1v) is 7.80. The minimum atomic E-state index is -3.76. The zero-order valence-corrected chi connectivity index (χ0v) is 11.9. The van der Waals surface area contributed by atoms with Crippen LogP contribution in [0.2, 0.25) is 0 Å². The predicted molar refractivity (Wildman–Crippen MR) is 72.6 cm³/mol. The van der Waals surface area contributed by atoms with Crippen molar-refractivity contribution < 1.29 is 18.3 Å². The van der Waals surface area contributed by atoms with Gasteiger partial charge in [-0.1, -0.05) is 6.07 Å². The normalized spacial score (nSPS) is 22.4. The van der Waals surface area contributed by atoms with E-state index >= 15 is 0 Å². The second kappa shape index (κ2) is 5.86. The summed E-state index contributed by atoms with van der Waals surface area (Å²) in [4.78, 5) is 15.2. The van der Waals surface area contributed by atoms with Crippen LogP contribution >= 0.6 is 0 Å². The molecule has 0 radical (unpaired) electrons. The van der Waals surface area contributed by atoms with Gasteiger partial charge in [-0.2, -0.15) is 4.31 Å². The number of carboxylic acid groups (broad SMARTS) is 1. The Morgan fingerprint density at radius 1 is 1.55 bits per heavy atom. The Morgan fingerprint density at radius 3 is 2.90 bits per heavy atom. The Labute approximate surface area is 117 Å². The third-order valence-electron chi connectivity index (χ3n) is 3.36. The number of pyridine rings is 1. The number of sulfonamides is 1. The second-order valence-corrected chi connectivity index (χ2v) is 6.82. The van der Waals surface area contributed by atoms with Crippen molar-refractivity contribution >= 4 is 16.0 Å². The lowest BCUT2D eigenvalue weighted by atomic mass is 10.2. The molecule has 0 bridgehead atoms. The van der Waals surface area contributed by atoms with Crippen LogP contribution in [0, 0.1) is 0 Å². The van der Waals surface area contributed by atoms with Crippen molar-refractivity contribution in [3.63, 3.8) is 0 Å². The monoisotopic (exact) mass is 299 g/mol. The molecule has 0 aromatic carbocycles. The molecule has 1 aromatic heterocycles. The van der Waals surface area contributed by atoms with Crippen LogP contribution in [-0.4, -0.2) is 54.5 Å². The van der Waals surface area contributed by atoms with Crippen LogP contribution in [0.1, 0.15) is 17.9 Å². The van der Waals surface area contributed by atoms with Gasteiger partial charge in [0.15, 0.2) is 0 Å². The fourth-order valence-corrected chi connectivity index (χ4v) is 3.89. The van der Waals surface area contributed by atoms with Gasteiger partial charge < -0.3 is 10.4 Å². The molecule has 0 saturated carbocycles. The molecule has 8 heteroatoms. The van der Waals surface area contributed by atoms with E-state index in [9.17, 15) is 13.2 Å². The number of carboxylic acids is 1. The molecule has 1 fully saturated rings. The summed E-state index contributed by atoms with van der Waals surface area (Å²) in [7, 11) is -3.76. The molecule has 1 aromatic rings. The van der Waals surface area contributed by atoms with Crippen molar-refractivity contribution in [1.29, 1.82) is 0 Å². The number of aromatic nitrogens is 1. The standard InChI is InChI=1S/C12H17N3O4S/c1-9(10-4-2-3-5-14-10)20(18,19)15-7-6-13-8-11(15)12(16)17/h2-5,9,11,13H,6-8H2,1H3,(H,16,17)/t9-,11-/m0/s1. The summed E-state index contributed by atoms with van der Waals surface area (Å²) >= 11 is 0. The number of piperazine rings is 1. The van der Waals surface area contributed by atoms with Gasteiger partial charge in [0.05, 0.1) is 5.69 Å². The largest absolute Gasteiger partial charge is 0.480 e. The Kier molecular flexibility index (Phi) is 4.36. The summed E-state index contributed by atoms with van der Waals surface area (Å²) in [6.45, 7) is 2.23. The van der Waals surface area contributed by atoms with Gasteiger partial charge in [0.2, 0.25) is 10.0 Å². The van der Waals surface area contributed by atoms with Crippen molar-refractivity contribution in [2.45, 2.75) is 18.2 Å². The minimum absolute atomic E-state index is 0.115. The Hall–Kier alpha value is -1.51. The summed E-state index contributed by atoms with van der Waals surface area (Å²) in [5, 5.41) is 11.2. The average molecular weight is 299 g/mol. The molecule has 20 heavy (non-hydrogen) atoms. The highest BCUT2D eigenvalue weighted by Gasteiger charge is 2.40. The van der Waals surface area contributed by atoms with Crippen molar-refractivity contribution in [2.75, 3.05) is 19.6 Å². The predicted octanol–water partition coefficient (Wildman–Crippen LogP) is -0.169. The molecule has 0 unspecified atom stereocenters. The number of rotatable bonds is 4. The maximum Gasteiger partial charge on any atom is 0.323 e. The van der Waals surface area contributed by atoms with E-state index in [0.29, 0.717) is 12.2 Å². The topological polar surface area (TPSA) is 99.6 Å². The highest BCUT2D eigenvalue weighted by Crippen LogP contribution is 2.25. The molecule has 1 aliphatic rings. The third-order valence-corrected chi connectivity index (χ3v) is 5.58. The van der Waals surface area contributed by atoms with E-state index in [4.69, 9.17) is 5.11 Å². The third kappa shape index (κ3) is 2.82. The average Bonchev–Trinajstić information content (AvgIpc) is 2.47. The molecule has 2 heterocycles. The first-order valence-electron chi connectivity index (χ1n) is 6.29. The van der Waals surface area contributed by atoms with Gasteiger partial charge in [0, 0.05) is 25.8 Å². The molecular formula is C12H17N3O4S. The summed E-state index contributed by atoms with van der Waals surface area (Å²) in [5.41, 5.74) is 0.412. The fraction of sp³-hybridized carbons (Fsp3) is 0.500. The van der Waals surface area contributed by atoms with Crippen LogP contribution in [0.15, 0.2) is 24.4 Å². The van der Waals surface area contributed by atoms with Crippen LogP contribution in [0.4, 0.5) is 0 Å². The lowest BCUT2D eigenvalue weighted by Gasteiger charge is -2.34. The van der Waals surface area contributed by atoms with Gasteiger partial charge in [0.25, 0.3) is 0 Å². The van der Waals surface area contributed by atoms with Crippen LogP contribution in [0.3, 0.4) is 0 Å². The van der Waals surface area contributed by atoms with E-state index in [0.717, 1.165) is 4.31 Å². The van der Waals surface area contributed by atoms with Crippen molar-refractivity contribution in [1.82, 2.24) is 14.6 Å². The van der Waals surface area contributed by atoms with Crippen molar-refractivity contribution in [2.24, 2.45) is 0 Å². The van der Waals surface area contributed by atoms with E-state index in [-0.39, 0.29) is 13.1 Å². The van der Waals surface area contributed by atoms with E-state index in [1.807, 2.05) is 0 Å². The molecule has 2 rings (SSSR count). The maximum absolute atomic E-state index is 12.6. The molecule has 7 nitrogen and oxygen atoms in total. The molecule has 1 aliphatic heterocycles. The molecule has 2 atom stereocenters. The first kappa shape index (κ1) is 14.9. The van der Waals surface area contributed by atoms with E-state index in [1.54, 1.807) is 18.2 Å². The second-order valence-electron chi connectivity index (χ2n) is 4.61. The van der Waals surface area contributed by atoms with Crippen LogP contribution in [0.25, 0.3) is 0 Å². The number of nitrogens with one attached hydrogen (secondary N) is 1. The van der Waals surface area contributed by atoms with Crippen LogP contribution < -0.4 is 5.32 Å². The van der Waals surface area contributed by atoms with Crippen molar-refractivity contribution in [3.8, 4) is 0 Å². The summed E-state index contributed by atoms with van der Waals surface area (Å²) in [6.07, 6.45) is 1.52. The quantitative estimate of drug-likeness (QED) is 0.801. The summed E-state index contributed by atoms with van der Waals surface area (Å²) in [6, 6.07) is 3.97. The molecule has 0 spiro atoms. The Morgan fingerprint density at radius 2 is 2.30 bits per heavy atom. The Bertz CT molecular complexity index is 576. The van der Waals surface area contributed by atoms with Gasteiger partial charge in [-0.3, -0.25) is 9.78 Å². The molecule has 1 saturated heterocycles. The smallest absolute Gasteiger partial charge is 0.323 e. The van der Waals surface area contributed by atoms with Gasteiger partial charge in [0.1, 0.15) is 11.3 Å². The highest BCUT2D eigenvalue weighted by molar-refractivity contribution is 7.89.